The Hall–Kier alpha value is -2.40. The third kappa shape index (κ3) is 3.56. The van der Waals surface area contributed by atoms with Crippen molar-refractivity contribution in [3.05, 3.63) is 58.9 Å². The lowest BCUT2D eigenvalue weighted by Gasteiger charge is -2.70. The molecule has 6 heteroatoms. The molecule has 0 atom stereocenters. The number of nitrogens with zero attached hydrogens (tertiary/aromatic N) is 1. The first kappa shape index (κ1) is 18.0. The zero-order chi connectivity index (χ0) is 19.1. The number of amides is 1. The van der Waals surface area contributed by atoms with Crippen molar-refractivity contribution in [2.24, 2.45) is 5.41 Å². The third-order valence-corrected chi connectivity index (χ3v) is 5.99. The quantitative estimate of drug-likeness (QED) is 0.789. The van der Waals surface area contributed by atoms with Gasteiger partial charge in [0, 0.05) is 34.9 Å². The van der Waals surface area contributed by atoms with Crippen molar-refractivity contribution < 1.29 is 14.3 Å². The van der Waals surface area contributed by atoms with Crippen molar-refractivity contribution in [1.29, 1.82) is 0 Å². The molecule has 27 heavy (non-hydrogen) atoms. The van der Waals surface area contributed by atoms with Crippen LogP contribution in [0.5, 0.6) is 5.75 Å². The van der Waals surface area contributed by atoms with Crippen molar-refractivity contribution in [3.63, 3.8) is 0 Å². The molecule has 3 saturated carbocycles. The van der Waals surface area contributed by atoms with E-state index in [1.54, 1.807) is 36.7 Å². The van der Waals surface area contributed by atoms with Crippen LogP contribution in [-0.4, -0.2) is 28.8 Å². The molecule has 1 amide bonds. The van der Waals surface area contributed by atoms with E-state index in [1.807, 2.05) is 13.0 Å². The summed E-state index contributed by atoms with van der Waals surface area (Å²) >= 11 is 5.99. The molecule has 2 aromatic rings. The number of benzene rings is 1. The number of pyridine rings is 1. The van der Waals surface area contributed by atoms with Crippen molar-refractivity contribution in [1.82, 2.24) is 10.3 Å². The van der Waals surface area contributed by atoms with Crippen molar-refractivity contribution >= 4 is 23.3 Å². The summed E-state index contributed by atoms with van der Waals surface area (Å²) in [4.78, 5) is 28.5. The predicted molar refractivity (Wildman–Crippen MR) is 102 cm³/mol. The smallest absolute Gasteiger partial charge is 0.251 e. The molecule has 3 fully saturated rings. The fraction of sp³-hybridized carbons (Fsp3) is 0.381. The molecule has 1 heterocycles. The van der Waals surface area contributed by atoms with Gasteiger partial charge in [0.15, 0.2) is 5.78 Å². The van der Waals surface area contributed by atoms with E-state index in [4.69, 9.17) is 16.3 Å². The molecule has 1 aromatic carbocycles. The monoisotopic (exact) mass is 384 g/mol. The minimum absolute atomic E-state index is 0.0435. The van der Waals surface area contributed by atoms with E-state index in [9.17, 15) is 9.59 Å². The molecule has 140 valence electrons. The predicted octanol–water partition coefficient (Wildman–Crippen LogP) is 3.73. The van der Waals surface area contributed by atoms with Gasteiger partial charge in [-0.05, 0) is 67.5 Å². The van der Waals surface area contributed by atoms with Gasteiger partial charge in [-0.25, -0.2) is 0 Å². The Morgan fingerprint density at radius 3 is 2.56 bits per heavy atom. The van der Waals surface area contributed by atoms with Gasteiger partial charge in [-0.3, -0.25) is 14.6 Å². The van der Waals surface area contributed by atoms with Crippen molar-refractivity contribution in [2.75, 3.05) is 6.61 Å². The van der Waals surface area contributed by atoms with E-state index in [2.05, 4.69) is 10.3 Å². The average molecular weight is 385 g/mol. The van der Waals surface area contributed by atoms with E-state index >= 15 is 0 Å². The summed E-state index contributed by atoms with van der Waals surface area (Å²) in [5.41, 5.74) is 1.45. The molecule has 5 rings (SSSR count). The SMILES string of the molecule is Cc1cc(OCC(=O)CC23CC(NC(=O)c4ccncc4)(C2)C3)ccc1Cl. The van der Waals surface area contributed by atoms with Crippen LogP contribution in [0.2, 0.25) is 5.02 Å². The molecule has 3 aliphatic rings. The third-order valence-electron chi connectivity index (χ3n) is 5.56. The Bertz CT molecular complexity index is 878. The first-order chi connectivity index (χ1) is 12.9. The molecule has 0 radical (unpaired) electrons. The van der Waals surface area contributed by atoms with E-state index in [-0.39, 0.29) is 29.3 Å². The summed E-state index contributed by atoms with van der Waals surface area (Å²) in [5.74, 6) is 0.679. The van der Waals surface area contributed by atoms with Gasteiger partial charge in [0.1, 0.15) is 12.4 Å². The molecule has 0 unspecified atom stereocenters. The van der Waals surface area contributed by atoms with Crippen LogP contribution in [-0.2, 0) is 4.79 Å². The second-order valence-electron chi connectivity index (χ2n) is 7.92. The highest BCUT2D eigenvalue weighted by Crippen LogP contribution is 2.69. The molecule has 1 aromatic heterocycles. The Balaban J connectivity index is 1.24. The minimum Gasteiger partial charge on any atom is -0.486 e. The summed E-state index contributed by atoms with van der Waals surface area (Å²) < 4.78 is 5.60. The Morgan fingerprint density at radius 2 is 1.89 bits per heavy atom. The zero-order valence-electron chi connectivity index (χ0n) is 15.1. The lowest BCUT2D eigenvalue weighted by atomic mass is 9.38. The number of halogens is 1. The van der Waals surface area contributed by atoms with Gasteiger partial charge in [-0.2, -0.15) is 0 Å². The van der Waals surface area contributed by atoms with Crippen LogP contribution >= 0.6 is 11.6 Å². The van der Waals surface area contributed by atoms with Gasteiger partial charge < -0.3 is 10.1 Å². The van der Waals surface area contributed by atoms with E-state index in [0.717, 1.165) is 24.8 Å². The number of Topliss-reactive ketones (excluding diaryl/α,β-unsaturated/α-hetero) is 1. The van der Waals surface area contributed by atoms with Crippen LogP contribution in [0.25, 0.3) is 0 Å². The molecule has 0 spiro atoms. The van der Waals surface area contributed by atoms with E-state index in [0.29, 0.717) is 22.8 Å². The molecule has 5 nitrogen and oxygen atoms in total. The van der Waals surface area contributed by atoms with Gasteiger partial charge in [0.2, 0.25) is 0 Å². The Morgan fingerprint density at radius 1 is 1.19 bits per heavy atom. The standard InChI is InChI=1S/C21H21ClN2O3/c1-14-8-17(2-3-18(14)22)27-10-16(25)9-20-11-21(12-20,13-20)24-19(26)15-4-6-23-7-5-15/h2-8H,9-13H2,1H3,(H,24,26). The lowest BCUT2D eigenvalue weighted by molar-refractivity contribution is -0.162. The van der Waals surface area contributed by atoms with Gasteiger partial charge in [-0.15, -0.1) is 0 Å². The fourth-order valence-electron chi connectivity index (χ4n) is 4.47. The largest absolute Gasteiger partial charge is 0.486 e. The number of hydrogen-bond acceptors (Lipinski definition) is 4. The molecule has 2 bridgehead atoms. The van der Waals surface area contributed by atoms with Crippen LogP contribution < -0.4 is 10.1 Å². The van der Waals surface area contributed by atoms with Crippen molar-refractivity contribution in [2.45, 2.75) is 38.1 Å². The number of nitrogens with one attached hydrogen (secondary N) is 1. The maximum Gasteiger partial charge on any atom is 0.251 e. The van der Waals surface area contributed by atoms with Gasteiger partial charge in [-0.1, -0.05) is 11.6 Å². The van der Waals surface area contributed by atoms with Crippen LogP contribution in [0.15, 0.2) is 42.7 Å². The minimum atomic E-state index is -0.130. The first-order valence-corrected chi connectivity index (χ1v) is 9.40. The van der Waals surface area contributed by atoms with Crippen LogP contribution in [0.4, 0.5) is 0 Å². The number of hydrogen-bond donors (Lipinski definition) is 1. The number of rotatable bonds is 7. The summed E-state index contributed by atoms with van der Waals surface area (Å²) in [7, 11) is 0. The second-order valence-corrected chi connectivity index (χ2v) is 8.32. The topological polar surface area (TPSA) is 68.3 Å². The molecular formula is C21H21ClN2O3. The summed E-state index contributed by atoms with van der Waals surface area (Å²) in [5, 5.41) is 3.80. The molecule has 1 N–H and O–H groups in total. The fourth-order valence-corrected chi connectivity index (χ4v) is 4.59. The molecule has 3 aliphatic carbocycles. The highest BCUT2D eigenvalue weighted by molar-refractivity contribution is 6.31. The Kier molecular flexibility index (Phi) is 4.42. The van der Waals surface area contributed by atoms with Crippen LogP contribution in [0.3, 0.4) is 0 Å². The maximum absolute atomic E-state index is 12.3. The van der Waals surface area contributed by atoms with Crippen LogP contribution in [0, 0.1) is 12.3 Å². The molecule has 0 saturated heterocycles. The number of aromatic nitrogens is 1. The second kappa shape index (κ2) is 6.64. The average Bonchev–Trinajstić information content (AvgIpc) is 2.60. The molecule has 0 aliphatic heterocycles. The summed E-state index contributed by atoms with van der Waals surface area (Å²) in [6.45, 7) is 1.97. The number of ketones is 1. The van der Waals surface area contributed by atoms with Crippen LogP contribution in [0.1, 0.15) is 41.6 Å². The van der Waals surface area contributed by atoms with Crippen molar-refractivity contribution in [3.8, 4) is 5.75 Å². The Labute approximate surface area is 163 Å². The maximum atomic E-state index is 12.3. The van der Waals surface area contributed by atoms with E-state index in [1.165, 1.54) is 0 Å². The summed E-state index contributed by atoms with van der Waals surface area (Å²) in [6, 6.07) is 8.78. The van der Waals surface area contributed by atoms with Gasteiger partial charge >= 0.3 is 0 Å². The normalized spacial score (nSPS) is 25.1. The number of ether oxygens (including phenoxy) is 1. The number of carbonyl (C=O) groups is 2. The van der Waals surface area contributed by atoms with Gasteiger partial charge in [0.05, 0.1) is 0 Å². The first-order valence-electron chi connectivity index (χ1n) is 9.02. The number of carbonyl (C=O) groups excluding carboxylic acids is 2. The highest BCUT2D eigenvalue weighted by Gasteiger charge is 2.68. The highest BCUT2D eigenvalue weighted by atomic mass is 35.5. The zero-order valence-corrected chi connectivity index (χ0v) is 15.9. The molecular weight excluding hydrogens is 364 g/mol. The van der Waals surface area contributed by atoms with E-state index < -0.39 is 0 Å². The lowest BCUT2D eigenvalue weighted by Crippen LogP contribution is -2.75. The van der Waals surface area contributed by atoms with Gasteiger partial charge in [0.25, 0.3) is 5.91 Å². The number of aryl methyl sites for hydroxylation is 1. The summed E-state index contributed by atoms with van der Waals surface area (Å²) in [6.07, 6.45) is 6.32.